The van der Waals surface area contributed by atoms with Crippen LogP contribution in [0.5, 0.6) is 0 Å². The number of halogens is 2. The first-order chi connectivity index (χ1) is 6.13. The van der Waals surface area contributed by atoms with E-state index < -0.39 is 6.10 Å². The van der Waals surface area contributed by atoms with Gasteiger partial charge in [0.2, 0.25) is 0 Å². The minimum atomic E-state index is -0.505. The summed E-state index contributed by atoms with van der Waals surface area (Å²) in [4.78, 5) is 0. The van der Waals surface area contributed by atoms with E-state index in [1.165, 1.54) is 0 Å². The molecule has 0 spiro atoms. The molecule has 0 bridgehead atoms. The van der Waals surface area contributed by atoms with Gasteiger partial charge in [0.1, 0.15) is 0 Å². The van der Waals surface area contributed by atoms with Gasteiger partial charge in [-0.05, 0) is 23.8 Å². The van der Waals surface area contributed by atoms with Crippen molar-refractivity contribution < 1.29 is 5.11 Å². The highest BCUT2D eigenvalue weighted by Gasteiger charge is 2.06. The lowest BCUT2D eigenvalue weighted by molar-refractivity contribution is 0.183. The number of rotatable bonds is 3. The van der Waals surface area contributed by atoms with Crippen LogP contribution >= 0.6 is 27.5 Å². The van der Waals surface area contributed by atoms with E-state index in [1.807, 2.05) is 12.1 Å². The van der Waals surface area contributed by atoms with Gasteiger partial charge >= 0.3 is 0 Å². The van der Waals surface area contributed by atoms with Crippen LogP contribution in [0, 0.1) is 0 Å². The molecule has 0 aliphatic carbocycles. The number of nitrogens with two attached hydrogens (primary N) is 1. The van der Waals surface area contributed by atoms with Crippen molar-refractivity contribution in [1.82, 2.24) is 0 Å². The molecule has 13 heavy (non-hydrogen) atoms. The molecule has 0 heterocycles. The Kier molecular flexibility index (Phi) is 4.19. The third kappa shape index (κ3) is 3.27. The van der Waals surface area contributed by atoms with Crippen LogP contribution < -0.4 is 5.73 Å². The van der Waals surface area contributed by atoms with E-state index in [0.29, 0.717) is 11.4 Å². The maximum atomic E-state index is 9.34. The van der Waals surface area contributed by atoms with Crippen molar-refractivity contribution in [2.45, 2.75) is 12.5 Å². The van der Waals surface area contributed by atoms with Crippen LogP contribution in [0.25, 0.3) is 0 Å². The third-order valence-corrected chi connectivity index (χ3v) is 2.74. The molecule has 0 aliphatic rings. The summed E-state index contributed by atoms with van der Waals surface area (Å²) in [5, 5.41) is 10.0. The quantitative estimate of drug-likeness (QED) is 0.877. The van der Waals surface area contributed by atoms with Crippen molar-refractivity contribution in [2.24, 2.45) is 5.73 Å². The minimum Gasteiger partial charge on any atom is -0.391 e. The topological polar surface area (TPSA) is 46.2 Å². The van der Waals surface area contributed by atoms with Gasteiger partial charge in [0.15, 0.2) is 0 Å². The van der Waals surface area contributed by atoms with Gasteiger partial charge in [0.25, 0.3) is 0 Å². The average Bonchev–Trinajstić information content (AvgIpc) is 2.11. The van der Waals surface area contributed by atoms with Crippen molar-refractivity contribution in [3.8, 4) is 0 Å². The van der Waals surface area contributed by atoms with Gasteiger partial charge in [-0.2, -0.15) is 0 Å². The minimum absolute atomic E-state index is 0.263. The first kappa shape index (κ1) is 11.0. The smallest absolute Gasteiger partial charge is 0.0703 e. The summed E-state index contributed by atoms with van der Waals surface area (Å²) >= 11 is 9.19. The molecule has 4 heteroatoms. The molecule has 0 amide bonds. The number of hydrogen-bond acceptors (Lipinski definition) is 2. The van der Waals surface area contributed by atoms with Crippen molar-refractivity contribution in [3.05, 3.63) is 33.3 Å². The second kappa shape index (κ2) is 4.96. The normalized spacial score (nSPS) is 12.9. The van der Waals surface area contributed by atoms with E-state index >= 15 is 0 Å². The second-order valence-corrected chi connectivity index (χ2v) is 4.12. The van der Waals surface area contributed by atoms with E-state index in [0.717, 1.165) is 10.0 Å². The summed E-state index contributed by atoms with van der Waals surface area (Å²) in [5.74, 6) is 0. The van der Waals surface area contributed by atoms with E-state index in [4.69, 9.17) is 17.3 Å². The Balaban J connectivity index is 2.81. The van der Waals surface area contributed by atoms with Crippen molar-refractivity contribution >= 4 is 27.5 Å². The van der Waals surface area contributed by atoms with Gasteiger partial charge in [-0.25, -0.2) is 0 Å². The molecule has 3 N–H and O–H groups in total. The molecular formula is C9H11BrClNO. The third-order valence-electron chi connectivity index (χ3n) is 1.74. The zero-order valence-electron chi connectivity index (χ0n) is 7.00. The molecule has 0 saturated heterocycles. The van der Waals surface area contributed by atoms with Gasteiger partial charge < -0.3 is 10.8 Å². The first-order valence-electron chi connectivity index (χ1n) is 3.95. The molecule has 1 aromatic rings. The van der Waals surface area contributed by atoms with E-state index in [-0.39, 0.29) is 6.54 Å². The number of benzene rings is 1. The molecule has 1 aromatic carbocycles. The largest absolute Gasteiger partial charge is 0.391 e. The van der Waals surface area contributed by atoms with Gasteiger partial charge in [0, 0.05) is 22.5 Å². The predicted octanol–water partition coefficient (Wildman–Crippen LogP) is 1.96. The number of hydrogen-bond donors (Lipinski definition) is 2. The highest BCUT2D eigenvalue weighted by molar-refractivity contribution is 9.10. The molecule has 72 valence electrons. The Morgan fingerprint density at radius 3 is 2.85 bits per heavy atom. The van der Waals surface area contributed by atoms with Gasteiger partial charge in [0.05, 0.1) is 6.10 Å². The fourth-order valence-corrected chi connectivity index (χ4v) is 1.64. The van der Waals surface area contributed by atoms with E-state index in [1.54, 1.807) is 6.07 Å². The average molecular weight is 265 g/mol. The maximum Gasteiger partial charge on any atom is 0.0703 e. The molecule has 2 nitrogen and oxygen atoms in total. The van der Waals surface area contributed by atoms with E-state index in [2.05, 4.69) is 15.9 Å². The van der Waals surface area contributed by atoms with Gasteiger partial charge in [-0.3, -0.25) is 0 Å². The Bertz CT molecular complexity index is 293. The maximum absolute atomic E-state index is 9.34. The molecule has 0 fully saturated rings. The van der Waals surface area contributed by atoms with Crippen LogP contribution in [0.15, 0.2) is 22.7 Å². The van der Waals surface area contributed by atoms with Crippen molar-refractivity contribution in [3.63, 3.8) is 0 Å². The number of aliphatic hydroxyl groups is 1. The monoisotopic (exact) mass is 263 g/mol. The molecule has 0 aromatic heterocycles. The lowest BCUT2D eigenvalue weighted by atomic mass is 10.1. The molecular weight excluding hydrogens is 253 g/mol. The zero-order chi connectivity index (χ0) is 9.84. The van der Waals surface area contributed by atoms with Gasteiger partial charge in [-0.1, -0.05) is 27.5 Å². The molecule has 0 radical (unpaired) electrons. The van der Waals surface area contributed by atoms with E-state index in [9.17, 15) is 5.11 Å². The fourth-order valence-electron chi connectivity index (χ4n) is 1.04. The Morgan fingerprint density at radius 1 is 1.54 bits per heavy atom. The summed E-state index contributed by atoms with van der Waals surface area (Å²) < 4.78 is 0.949. The number of aliphatic hydroxyl groups excluding tert-OH is 1. The summed E-state index contributed by atoms with van der Waals surface area (Å²) in [6.07, 6.45) is 0.0206. The Hall–Kier alpha value is -0.0900. The SMILES string of the molecule is NCC(O)Cc1cc(Cl)ccc1Br. The van der Waals surface area contributed by atoms with Crippen LogP contribution in [0.3, 0.4) is 0 Å². The van der Waals surface area contributed by atoms with Crippen molar-refractivity contribution in [2.75, 3.05) is 6.54 Å². The molecule has 1 unspecified atom stereocenters. The van der Waals surface area contributed by atoms with Crippen LogP contribution in [-0.4, -0.2) is 17.8 Å². The second-order valence-electron chi connectivity index (χ2n) is 2.83. The highest BCUT2D eigenvalue weighted by Crippen LogP contribution is 2.22. The summed E-state index contributed by atoms with van der Waals surface area (Å²) in [7, 11) is 0. The van der Waals surface area contributed by atoms with Crippen LogP contribution in [-0.2, 0) is 6.42 Å². The van der Waals surface area contributed by atoms with Gasteiger partial charge in [-0.15, -0.1) is 0 Å². The van der Waals surface area contributed by atoms with Crippen LogP contribution in [0.1, 0.15) is 5.56 Å². The molecule has 1 rings (SSSR count). The molecule has 1 atom stereocenters. The Morgan fingerprint density at radius 2 is 2.23 bits per heavy atom. The Labute approximate surface area is 90.8 Å². The first-order valence-corrected chi connectivity index (χ1v) is 5.12. The summed E-state index contributed by atoms with van der Waals surface area (Å²) in [6, 6.07) is 5.48. The molecule has 0 aliphatic heterocycles. The molecule has 0 saturated carbocycles. The van der Waals surface area contributed by atoms with Crippen LogP contribution in [0.2, 0.25) is 5.02 Å². The predicted molar refractivity (Wildman–Crippen MR) is 57.9 cm³/mol. The standard InChI is InChI=1S/C9H11BrClNO/c10-9-2-1-7(11)3-6(9)4-8(13)5-12/h1-3,8,13H,4-5,12H2. The lowest BCUT2D eigenvalue weighted by Gasteiger charge is -2.09. The fraction of sp³-hybridized carbons (Fsp3) is 0.333. The summed E-state index contributed by atoms with van der Waals surface area (Å²) in [5.41, 5.74) is 6.29. The lowest BCUT2D eigenvalue weighted by Crippen LogP contribution is -2.22. The summed E-state index contributed by atoms with van der Waals surface area (Å²) in [6.45, 7) is 0.263. The zero-order valence-corrected chi connectivity index (χ0v) is 9.35. The van der Waals surface area contributed by atoms with Crippen molar-refractivity contribution in [1.29, 1.82) is 0 Å². The highest BCUT2D eigenvalue weighted by atomic mass is 79.9. The van der Waals surface area contributed by atoms with Crippen LogP contribution in [0.4, 0.5) is 0 Å².